The largest absolute Gasteiger partial charge is 0.306 e. The number of nitrogens with zero attached hydrogens (tertiary/aromatic N) is 1. The Bertz CT molecular complexity index is 438. The van der Waals surface area contributed by atoms with Crippen molar-refractivity contribution in [3.63, 3.8) is 0 Å². The van der Waals surface area contributed by atoms with Crippen LogP contribution in [0.15, 0.2) is 30.3 Å². The molecule has 0 aromatic heterocycles. The van der Waals surface area contributed by atoms with Gasteiger partial charge in [-0.2, -0.15) is 0 Å². The van der Waals surface area contributed by atoms with E-state index in [9.17, 15) is 0 Å². The van der Waals surface area contributed by atoms with E-state index >= 15 is 0 Å². The third-order valence-corrected chi connectivity index (χ3v) is 4.98. The summed E-state index contributed by atoms with van der Waals surface area (Å²) in [6, 6.07) is 13.8. The molecule has 1 saturated heterocycles. The van der Waals surface area contributed by atoms with E-state index in [0.717, 1.165) is 18.0 Å². The molecule has 1 heterocycles. The summed E-state index contributed by atoms with van der Waals surface area (Å²) in [6.07, 6.45) is 5.37. The van der Waals surface area contributed by atoms with Crippen LogP contribution in [0.25, 0.3) is 0 Å². The van der Waals surface area contributed by atoms with Crippen LogP contribution in [0.4, 0.5) is 0 Å². The molecule has 116 valence electrons. The lowest BCUT2D eigenvalue weighted by molar-refractivity contribution is 0.253. The van der Waals surface area contributed by atoms with Crippen LogP contribution in [0.3, 0.4) is 0 Å². The summed E-state index contributed by atoms with van der Waals surface area (Å²) in [4.78, 5) is 2.73. The minimum absolute atomic E-state index is 0.502. The average molecular weight is 286 g/mol. The SMILES string of the molecule is CC(C)CC(NC1CC(C)N(C2CC2)C1)c1ccccc1. The van der Waals surface area contributed by atoms with Crippen LogP contribution < -0.4 is 5.32 Å². The number of nitrogens with one attached hydrogen (secondary N) is 1. The molecule has 2 fully saturated rings. The van der Waals surface area contributed by atoms with Crippen molar-refractivity contribution in [3.8, 4) is 0 Å². The van der Waals surface area contributed by atoms with Crippen LogP contribution in [-0.2, 0) is 0 Å². The Kier molecular flexibility index (Phi) is 4.66. The van der Waals surface area contributed by atoms with Crippen LogP contribution in [0.2, 0.25) is 0 Å². The zero-order valence-corrected chi connectivity index (χ0v) is 13.8. The molecule has 0 bridgehead atoms. The molecule has 2 aliphatic rings. The van der Waals surface area contributed by atoms with E-state index in [1.54, 1.807) is 0 Å². The molecule has 1 N–H and O–H groups in total. The zero-order valence-electron chi connectivity index (χ0n) is 13.8. The van der Waals surface area contributed by atoms with Crippen molar-refractivity contribution in [2.24, 2.45) is 5.92 Å². The first-order valence-corrected chi connectivity index (χ1v) is 8.70. The van der Waals surface area contributed by atoms with Gasteiger partial charge in [-0.15, -0.1) is 0 Å². The molecule has 3 unspecified atom stereocenters. The molecule has 1 aliphatic heterocycles. The Morgan fingerprint density at radius 3 is 2.52 bits per heavy atom. The smallest absolute Gasteiger partial charge is 0.0325 e. The van der Waals surface area contributed by atoms with Gasteiger partial charge in [-0.05, 0) is 44.1 Å². The second kappa shape index (κ2) is 6.50. The van der Waals surface area contributed by atoms with Crippen molar-refractivity contribution in [2.45, 2.75) is 70.6 Å². The topological polar surface area (TPSA) is 15.3 Å². The first-order chi connectivity index (χ1) is 10.1. The highest BCUT2D eigenvalue weighted by molar-refractivity contribution is 5.19. The zero-order chi connectivity index (χ0) is 14.8. The van der Waals surface area contributed by atoms with Crippen molar-refractivity contribution in [1.82, 2.24) is 10.2 Å². The molecule has 21 heavy (non-hydrogen) atoms. The third-order valence-electron chi connectivity index (χ3n) is 4.98. The lowest BCUT2D eigenvalue weighted by Gasteiger charge is -2.25. The molecule has 0 radical (unpaired) electrons. The molecule has 3 atom stereocenters. The van der Waals surface area contributed by atoms with Gasteiger partial charge in [0.15, 0.2) is 0 Å². The van der Waals surface area contributed by atoms with E-state index in [2.05, 4.69) is 61.3 Å². The van der Waals surface area contributed by atoms with E-state index in [1.807, 2.05) is 0 Å². The highest BCUT2D eigenvalue weighted by Gasteiger charge is 2.39. The summed E-state index contributed by atoms with van der Waals surface area (Å²) in [5.41, 5.74) is 1.45. The molecule has 1 aromatic carbocycles. The Labute approximate surface area is 129 Å². The second-order valence-electron chi connectivity index (χ2n) is 7.47. The molecule has 0 spiro atoms. The molecule has 1 saturated carbocycles. The van der Waals surface area contributed by atoms with Crippen LogP contribution in [0.1, 0.15) is 58.1 Å². The summed E-state index contributed by atoms with van der Waals surface area (Å²) in [5.74, 6) is 0.723. The van der Waals surface area contributed by atoms with Gasteiger partial charge in [-0.3, -0.25) is 4.90 Å². The predicted octanol–water partition coefficient (Wildman–Crippen LogP) is 3.99. The van der Waals surface area contributed by atoms with Gasteiger partial charge >= 0.3 is 0 Å². The Balaban J connectivity index is 1.64. The van der Waals surface area contributed by atoms with E-state index in [0.29, 0.717) is 12.1 Å². The van der Waals surface area contributed by atoms with E-state index < -0.39 is 0 Å². The van der Waals surface area contributed by atoms with E-state index in [4.69, 9.17) is 0 Å². The van der Waals surface area contributed by atoms with E-state index in [1.165, 1.54) is 37.8 Å². The maximum Gasteiger partial charge on any atom is 0.0325 e. The molecule has 2 heteroatoms. The Morgan fingerprint density at radius 2 is 1.90 bits per heavy atom. The molecule has 2 nitrogen and oxygen atoms in total. The van der Waals surface area contributed by atoms with Crippen LogP contribution in [0.5, 0.6) is 0 Å². The van der Waals surface area contributed by atoms with Gasteiger partial charge in [0.2, 0.25) is 0 Å². The number of rotatable bonds is 6. The second-order valence-corrected chi connectivity index (χ2v) is 7.47. The normalized spacial score (nSPS) is 28.2. The summed E-state index contributed by atoms with van der Waals surface area (Å²) in [6.45, 7) is 8.30. The lowest BCUT2D eigenvalue weighted by atomic mass is 9.96. The van der Waals surface area contributed by atoms with Crippen molar-refractivity contribution in [2.75, 3.05) is 6.54 Å². The van der Waals surface area contributed by atoms with Gasteiger partial charge in [0.25, 0.3) is 0 Å². The fourth-order valence-electron chi connectivity index (χ4n) is 3.83. The van der Waals surface area contributed by atoms with Gasteiger partial charge in [-0.25, -0.2) is 0 Å². The number of hydrogen-bond acceptors (Lipinski definition) is 2. The van der Waals surface area contributed by atoms with E-state index in [-0.39, 0.29) is 0 Å². The van der Waals surface area contributed by atoms with Crippen LogP contribution >= 0.6 is 0 Å². The van der Waals surface area contributed by atoms with Crippen molar-refractivity contribution in [3.05, 3.63) is 35.9 Å². The standard InChI is InChI=1S/C19H30N2/c1-14(2)11-19(16-7-5-4-6-8-16)20-17-12-15(3)21(13-17)18-9-10-18/h4-8,14-15,17-20H,9-13H2,1-3H3. The first-order valence-electron chi connectivity index (χ1n) is 8.70. The molecular formula is C19H30N2. The summed E-state index contributed by atoms with van der Waals surface area (Å²) >= 11 is 0. The minimum Gasteiger partial charge on any atom is -0.306 e. The molecule has 1 aromatic rings. The quantitative estimate of drug-likeness (QED) is 0.850. The maximum atomic E-state index is 3.96. The highest BCUT2D eigenvalue weighted by atomic mass is 15.3. The van der Waals surface area contributed by atoms with Crippen LogP contribution in [0, 0.1) is 5.92 Å². The van der Waals surface area contributed by atoms with Crippen LogP contribution in [-0.4, -0.2) is 29.6 Å². The fraction of sp³-hybridized carbons (Fsp3) is 0.684. The van der Waals surface area contributed by atoms with Gasteiger partial charge < -0.3 is 5.32 Å². The third kappa shape index (κ3) is 3.87. The number of likely N-dealkylation sites (tertiary alicyclic amines) is 1. The molecule has 1 aliphatic carbocycles. The molecule has 0 amide bonds. The lowest BCUT2D eigenvalue weighted by Crippen LogP contribution is -2.36. The predicted molar refractivity (Wildman–Crippen MR) is 89.4 cm³/mol. The first kappa shape index (κ1) is 15.1. The molecule has 3 rings (SSSR count). The summed E-state index contributed by atoms with van der Waals surface area (Å²) < 4.78 is 0. The van der Waals surface area contributed by atoms with Crippen molar-refractivity contribution < 1.29 is 0 Å². The molecular weight excluding hydrogens is 256 g/mol. The van der Waals surface area contributed by atoms with Crippen molar-refractivity contribution >= 4 is 0 Å². The summed E-state index contributed by atoms with van der Waals surface area (Å²) in [5, 5.41) is 3.96. The highest BCUT2D eigenvalue weighted by Crippen LogP contribution is 2.34. The number of benzene rings is 1. The summed E-state index contributed by atoms with van der Waals surface area (Å²) in [7, 11) is 0. The van der Waals surface area contributed by atoms with Gasteiger partial charge in [0.1, 0.15) is 0 Å². The van der Waals surface area contributed by atoms with Gasteiger partial charge in [0.05, 0.1) is 0 Å². The van der Waals surface area contributed by atoms with Gasteiger partial charge in [0, 0.05) is 30.7 Å². The Morgan fingerprint density at radius 1 is 1.19 bits per heavy atom. The van der Waals surface area contributed by atoms with Crippen molar-refractivity contribution in [1.29, 1.82) is 0 Å². The minimum atomic E-state index is 0.502. The fourth-order valence-corrected chi connectivity index (χ4v) is 3.83. The maximum absolute atomic E-state index is 3.96. The number of hydrogen-bond donors (Lipinski definition) is 1. The van der Waals surface area contributed by atoms with Gasteiger partial charge in [-0.1, -0.05) is 44.2 Å². The monoisotopic (exact) mass is 286 g/mol. The average Bonchev–Trinajstić information content (AvgIpc) is 3.23. The Hall–Kier alpha value is -0.860.